The first-order chi connectivity index (χ1) is 11.8. The monoisotopic (exact) mass is 363 g/mol. The molecule has 0 atom stereocenters. The molecule has 2 aromatic rings. The minimum atomic E-state index is -3.65. The number of hydrogen-bond donors (Lipinski definition) is 0. The van der Waals surface area contributed by atoms with Crippen molar-refractivity contribution in [1.29, 1.82) is 0 Å². The highest BCUT2D eigenvalue weighted by Crippen LogP contribution is 2.28. The Morgan fingerprint density at radius 3 is 2.20 bits per heavy atom. The average Bonchev–Trinajstić information content (AvgIpc) is 2.56. The zero-order valence-corrected chi connectivity index (χ0v) is 16.1. The Morgan fingerprint density at radius 2 is 1.72 bits per heavy atom. The Bertz CT molecular complexity index is 814. The number of benzene rings is 2. The third kappa shape index (κ3) is 4.25. The zero-order chi connectivity index (χ0) is 18.6. The second-order valence-electron chi connectivity index (χ2n) is 5.96. The summed E-state index contributed by atoms with van der Waals surface area (Å²) in [4.78, 5) is 0.246. The molecule has 25 heavy (non-hydrogen) atoms. The molecule has 0 unspecified atom stereocenters. The van der Waals surface area contributed by atoms with E-state index in [1.807, 2.05) is 27.7 Å². The fourth-order valence-corrected chi connectivity index (χ4v) is 4.15. The van der Waals surface area contributed by atoms with E-state index in [0.29, 0.717) is 23.7 Å². The molecule has 0 aromatic heterocycles. The molecule has 2 rings (SSSR count). The van der Waals surface area contributed by atoms with Crippen LogP contribution in [0.5, 0.6) is 11.5 Å². The van der Waals surface area contributed by atoms with E-state index in [0.717, 1.165) is 5.56 Å². The largest absolute Gasteiger partial charge is 0.496 e. The highest BCUT2D eigenvalue weighted by atomic mass is 32.2. The molecule has 0 amide bonds. The number of nitrogens with zero attached hydrogens (tertiary/aromatic N) is 1. The van der Waals surface area contributed by atoms with Crippen molar-refractivity contribution in [2.24, 2.45) is 0 Å². The maximum atomic E-state index is 13.0. The standard InChI is InChI=1S/C19H25NO4S/c1-6-20(16-7-9-17(10-8-16)24-14(2)3)25(21,22)18-11-12-19(23-5)15(4)13-18/h7-14H,6H2,1-5H3. The van der Waals surface area contributed by atoms with Crippen LogP contribution in [0.25, 0.3) is 0 Å². The maximum absolute atomic E-state index is 13.0. The Balaban J connectivity index is 2.36. The van der Waals surface area contributed by atoms with Crippen LogP contribution in [0.1, 0.15) is 26.3 Å². The molecule has 2 aromatic carbocycles. The van der Waals surface area contributed by atoms with Gasteiger partial charge in [0.2, 0.25) is 0 Å². The second kappa shape index (κ2) is 7.78. The quantitative estimate of drug-likeness (QED) is 0.746. The fourth-order valence-electron chi connectivity index (χ4n) is 2.59. The van der Waals surface area contributed by atoms with Crippen molar-refractivity contribution in [3.05, 3.63) is 48.0 Å². The van der Waals surface area contributed by atoms with Crippen molar-refractivity contribution in [3.63, 3.8) is 0 Å². The van der Waals surface area contributed by atoms with Crippen LogP contribution in [-0.4, -0.2) is 28.2 Å². The average molecular weight is 363 g/mol. The molecular weight excluding hydrogens is 338 g/mol. The van der Waals surface area contributed by atoms with E-state index in [1.165, 1.54) is 4.31 Å². The smallest absolute Gasteiger partial charge is 0.264 e. The molecule has 0 saturated carbocycles. The molecular formula is C19H25NO4S. The maximum Gasteiger partial charge on any atom is 0.264 e. The summed E-state index contributed by atoms with van der Waals surface area (Å²) in [5, 5.41) is 0. The summed E-state index contributed by atoms with van der Waals surface area (Å²) in [5.41, 5.74) is 1.38. The van der Waals surface area contributed by atoms with E-state index in [2.05, 4.69) is 0 Å². The molecule has 0 heterocycles. The minimum Gasteiger partial charge on any atom is -0.496 e. The number of ether oxygens (including phenoxy) is 2. The molecule has 0 fully saturated rings. The lowest BCUT2D eigenvalue weighted by molar-refractivity contribution is 0.242. The predicted molar refractivity (Wildman–Crippen MR) is 100 cm³/mol. The summed E-state index contributed by atoms with van der Waals surface area (Å²) in [7, 11) is -2.09. The van der Waals surface area contributed by atoms with Crippen molar-refractivity contribution in [2.75, 3.05) is 18.0 Å². The van der Waals surface area contributed by atoms with Gasteiger partial charge in [0, 0.05) is 6.54 Å². The summed E-state index contributed by atoms with van der Waals surface area (Å²) in [6, 6.07) is 12.0. The van der Waals surface area contributed by atoms with Gasteiger partial charge in [-0.1, -0.05) is 0 Å². The first-order valence-electron chi connectivity index (χ1n) is 8.23. The minimum absolute atomic E-state index is 0.0686. The summed E-state index contributed by atoms with van der Waals surface area (Å²) in [5.74, 6) is 1.38. The lowest BCUT2D eigenvalue weighted by Gasteiger charge is -2.23. The number of aryl methyl sites for hydroxylation is 1. The molecule has 5 nitrogen and oxygen atoms in total. The van der Waals surface area contributed by atoms with Gasteiger partial charge in [0.25, 0.3) is 10.0 Å². The van der Waals surface area contributed by atoms with Gasteiger partial charge in [-0.2, -0.15) is 0 Å². The molecule has 0 spiro atoms. The molecule has 0 aliphatic rings. The van der Waals surface area contributed by atoms with E-state index in [1.54, 1.807) is 49.6 Å². The third-order valence-corrected chi connectivity index (χ3v) is 5.64. The molecule has 0 aliphatic heterocycles. The van der Waals surface area contributed by atoms with E-state index in [-0.39, 0.29) is 11.0 Å². The highest BCUT2D eigenvalue weighted by Gasteiger charge is 2.24. The number of rotatable bonds is 7. The highest BCUT2D eigenvalue weighted by molar-refractivity contribution is 7.92. The Kier molecular flexibility index (Phi) is 5.95. The lowest BCUT2D eigenvalue weighted by atomic mass is 10.2. The van der Waals surface area contributed by atoms with Crippen molar-refractivity contribution in [3.8, 4) is 11.5 Å². The van der Waals surface area contributed by atoms with Gasteiger partial charge < -0.3 is 9.47 Å². The number of anilines is 1. The van der Waals surface area contributed by atoms with Gasteiger partial charge in [0.05, 0.1) is 23.8 Å². The van der Waals surface area contributed by atoms with Crippen LogP contribution in [0, 0.1) is 6.92 Å². The van der Waals surface area contributed by atoms with Crippen LogP contribution in [0.15, 0.2) is 47.4 Å². The Labute approximate surface area is 150 Å². The van der Waals surface area contributed by atoms with Crippen molar-refractivity contribution in [1.82, 2.24) is 0 Å². The van der Waals surface area contributed by atoms with Crippen LogP contribution >= 0.6 is 0 Å². The normalized spacial score (nSPS) is 11.4. The summed E-state index contributed by atoms with van der Waals surface area (Å²) in [6.07, 6.45) is 0.0686. The van der Waals surface area contributed by atoms with Crippen LogP contribution in [0.3, 0.4) is 0 Å². The lowest BCUT2D eigenvalue weighted by Crippen LogP contribution is -2.30. The Hall–Kier alpha value is -2.21. The van der Waals surface area contributed by atoms with E-state index in [4.69, 9.17) is 9.47 Å². The molecule has 6 heteroatoms. The number of sulfonamides is 1. The second-order valence-corrected chi connectivity index (χ2v) is 7.82. The number of methoxy groups -OCH3 is 1. The zero-order valence-electron chi connectivity index (χ0n) is 15.3. The molecule has 0 aliphatic carbocycles. The van der Waals surface area contributed by atoms with Crippen molar-refractivity contribution >= 4 is 15.7 Å². The van der Waals surface area contributed by atoms with Crippen LogP contribution in [0.2, 0.25) is 0 Å². The first kappa shape index (κ1) is 19.1. The summed E-state index contributed by atoms with van der Waals surface area (Å²) >= 11 is 0. The van der Waals surface area contributed by atoms with E-state index < -0.39 is 10.0 Å². The van der Waals surface area contributed by atoms with Crippen LogP contribution in [-0.2, 0) is 10.0 Å². The summed E-state index contributed by atoms with van der Waals surface area (Å²) in [6.45, 7) is 7.86. The molecule has 0 bridgehead atoms. The van der Waals surface area contributed by atoms with Gasteiger partial charge in [-0.3, -0.25) is 4.31 Å². The van der Waals surface area contributed by atoms with Gasteiger partial charge in [-0.05, 0) is 75.7 Å². The van der Waals surface area contributed by atoms with Crippen LogP contribution < -0.4 is 13.8 Å². The first-order valence-corrected chi connectivity index (χ1v) is 9.67. The van der Waals surface area contributed by atoms with Gasteiger partial charge in [-0.15, -0.1) is 0 Å². The molecule has 0 N–H and O–H groups in total. The van der Waals surface area contributed by atoms with Crippen molar-refractivity contribution in [2.45, 2.75) is 38.7 Å². The third-order valence-electron chi connectivity index (χ3n) is 3.74. The van der Waals surface area contributed by atoms with Gasteiger partial charge in [0.1, 0.15) is 11.5 Å². The van der Waals surface area contributed by atoms with Gasteiger partial charge in [0.15, 0.2) is 0 Å². The Morgan fingerprint density at radius 1 is 1.08 bits per heavy atom. The molecule has 136 valence electrons. The van der Waals surface area contributed by atoms with E-state index >= 15 is 0 Å². The van der Waals surface area contributed by atoms with Gasteiger partial charge >= 0.3 is 0 Å². The molecule has 0 saturated heterocycles. The van der Waals surface area contributed by atoms with E-state index in [9.17, 15) is 8.42 Å². The van der Waals surface area contributed by atoms with Gasteiger partial charge in [-0.25, -0.2) is 8.42 Å². The topological polar surface area (TPSA) is 55.8 Å². The SMILES string of the molecule is CCN(c1ccc(OC(C)C)cc1)S(=O)(=O)c1ccc(OC)c(C)c1. The predicted octanol–water partition coefficient (Wildman–Crippen LogP) is 4.01. The summed E-state index contributed by atoms with van der Waals surface area (Å²) < 4.78 is 38.3. The number of hydrogen-bond acceptors (Lipinski definition) is 4. The van der Waals surface area contributed by atoms with Crippen molar-refractivity contribution < 1.29 is 17.9 Å². The van der Waals surface area contributed by atoms with Crippen LogP contribution in [0.4, 0.5) is 5.69 Å². The molecule has 0 radical (unpaired) electrons. The fraction of sp³-hybridized carbons (Fsp3) is 0.368.